The Morgan fingerprint density at radius 2 is 1.58 bits per heavy atom. The van der Waals surface area contributed by atoms with E-state index in [1.54, 1.807) is 6.55 Å². The summed E-state index contributed by atoms with van der Waals surface area (Å²) >= 11 is 0. The van der Waals surface area contributed by atoms with Crippen LogP contribution in [0.25, 0.3) is 0 Å². The second-order valence-corrected chi connectivity index (χ2v) is 7.73. The first kappa shape index (κ1) is 15.6. The van der Waals surface area contributed by atoms with E-state index in [2.05, 4.69) is 0 Å². The Bertz CT molecular complexity index is 379. The number of esters is 2. The summed E-state index contributed by atoms with van der Waals surface area (Å²) in [6.45, 7) is 5.31. The third-order valence-electron chi connectivity index (χ3n) is 2.44. The van der Waals surface area contributed by atoms with Gasteiger partial charge in [0, 0.05) is 26.8 Å². The molecule has 0 saturated carbocycles. The predicted molar refractivity (Wildman–Crippen MR) is 64.8 cm³/mol. The first-order valence-electron chi connectivity index (χ1n) is 5.95. The third-order valence-corrected chi connectivity index (χ3v) is 5.17. The quantitative estimate of drug-likeness (QED) is 0.438. The maximum absolute atomic E-state index is 11.1. The molecule has 0 bridgehead atoms. The Morgan fingerprint density at radius 1 is 1.05 bits per heavy atom. The van der Waals surface area contributed by atoms with Crippen LogP contribution in [0.1, 0.15) is 33.6 Å². The number of hydrogen-bond acceptors (Lipinski definition) is 7. The van der Waals surface area contributed by atoms with Crippen LogP contribution >= 0.6 is 0 Å². The van der Waals surface area contributed by atoms with E-state index in [-0.39, 0.29) is 6.42 Å². The number of ether oxygens (including phenoxy) is 2. The van der Waals surface area contributed by atoms with Gasteiger partial charge in [-0.2, -0.15) is 0 Å². The zero-order valence-electron chi connectivity index (χ0n) is 11.5. The normalized spacial score (nSPS) is 25.3. The molecular formula is C11H18O7Si. The fraction of sp³-hybridized carbons (Fsp3) is 0.727. The summed E-state index contributed by atoms with van der Waals surface area (Å²) in [4.78, 5) is 33.4. The molecule has 0 radical (unpaired) electrons. The van der Waals surface area contributed by atoms with Crippen molar-refractivity contribution in [3.8, 4) is 0 Å². The van der Waals surface area contributed by atoms with Crippen LogP contribution in [0.3, 0.4) is 0 Å². The molecule has 1 rings (SSSR count). The summed E-state index contributed by atoms with van der Waals surface area (Å²) in [5.74, 6) is -3.52. The van der Waals surface area contributed by atoms with Gasteiger partial charge in [-0.3, -0.25) is 14.4 Å². The molecule has 0 amide bonds. The highest BCUT2D eigenvalue weighted by atomic mass is 28.4. The Balaban J connectivity index is 2.93. The highest BCUT2D eigenvalue weighted by Gasteiger charge is 2.53. The lowest BCUT2D eigenvalue weighted by atomic mass is 10.3. The zero-order valence-corrected chi connectivity index (χ0v) is 12.5. The van der Waals surface area contributed by atoms with Gasteiger partial charge in [-0.1, -0.05) is 0 Å². The zero-order chi connectivity index (χ0) is 14.7. The summed E-state index contributed by atoms with van der Waals surface area (Å²) in [5, 5.41) is 0. The molecule has 19 heavy (non-hydrogen) atoms. The van der Waals surface area contributed by atoms with E-state index < -0.39 is 32.4 Å². The van der Waals surface area contributed by atoms with Crippen molar-refractivity contribution in [1.29, 1.82) is 0 Å². The fourth-order valence-electron chi connectivity index (χ4n) is 2.04. The van der Waals surface area contributed by atoms with Gasteiger partial charge in [0.2, 0.25) is 0 Å². The summed E-state index contributed by atoms with van der Waals surface area (Å²) in [7, 11) is -2.87. The van der Waals surface area contributed by atoms with Gasteiger partial charge in [0.25, 0.3) is 5.97 Å². The van der Waals surface area contributed by atoms with E-state index in [1.807, 2.05) is 0 Å². The summed E-state index contributed by atoms with van der Waals surface area (Å²) in [5.41, 5.74) is 0. The molecule has 1 saturated heterocycles. The van der Waals surface area contributed by atoms with Crippen molar-refractivity contribution < 1.29 is 32.7 Å². The topological polar surface area (TPSA) is 88.1 Å². The molecule has 0 N–H and O–H groups in total. The van der Waals surface area contributed by atoms with Gasteiger partial charge in [0.15, 0.2) is 0 Å². The van der Waals surface area contributed by atoms with Crippen molar-refractivity contribution in [1.82, 2.24) is 0 Å². The lowest BCUT2D eigenvalue weighted by molar-refractivity contribution is -0.324. The van der Waals surface area contributed by atoms with E-state index in [9.17, 15) is 14.4 Å². The highest BCUT2D eigenvalue weighted by Crippen LogP contribution is 2.36. The first-order valence-corrected chi connectivity index (χ1v) is 8.48. The third kappa shape index (κ3) is 4.64. The van der Waals surface area contributed by atoms with E-state index in [1.165, 1.54) is 20.8 Å². The predicted octanol–water partition coefficient (Wildman–Crippen LogP) is 1.21. The molecule has 0 spiro atoms. The Hall–Kier alpha value is -1.41. The van der Waals surface area contributed by atoms with E-state index in [0.717, 1.165) is 0 Å². The van der Waals surface area contributed by atoms with Crippen molar-refractivity contribution >= 4 is 26.5 Å². The van der Waals surface area contributed by atoms with Crippen LogP contribution in [0.5, 0.6) is 0 Å². The van der Waals surface area contributed by atoms with Gasteiger partial charge in [-0.25, -0.2) is 0 Å². The van der Waals surface area contributed by atoms with E-state index in [4.69, 9.17) is 18.3 Å². The molecule has 8 heteroatoms. The fourth-order valence-corrected chi connectivity index (χ4v) is 4.55. The molecule has 1 heterocycles. The van der Waals surface area contributed by atoms with Crippen LogP contribution in [0.4, 0.5) is 0 Å². The van der Waals surface area contributed by atoms with Crippen LogP contribution in [-0.4, -0.2) is 32.4 Å². The molecule has 1 aliphatic heterocycles. The molecule has 1 aliphatic rings. The molecule has 1 unspecified atom stereocenters. The molecule has 1 fully saturated rings. The minimum absolute atomic E-state index is 0.218. The smallest absolute Gasteiger partial charge is 0.403 e. The summed E-state index contributed by atoms with van der Waals surface area (Å²) in [6.07, 6.45) is 0.784. The number of rotatable bonds is 3. The van der Waals surface area contributed by atoms with Crippen molar-refractivity contribution in [2.45, 2.75) is 52.2 Å². The van der Waals surface area contributed by atoms with Gasteiger partial charge >= 0.3 is 26.5 Å². The van der Waals surface area contributed by atoms with Crippen LogP contribution < -0.4 is 0 Å². The van der Waals surface area contributed by atoms with Crippen molar-refractivity contribution in [3.63, 3.8) is 0 Å². The van der Waals surface area contributed by atoms with Crippen LogP contribution in [-0.2, 0) is 32.7 Å². The highest BCUT2D eigenvalue weighted by molar-refractivity contribution is 6.67. The van der Waals surface area contributed by atoms with Crippen molar-refractivity contribution in [2.24, 2.45) is 0 Å². The Morgan fingerprint density at radius 3 is 2.00 bits per heavy atom. The number of carbonyl (C=O) groups is 3. The molecule has 0 aromatic heterocycles. The van der Waals surface area contributed by atoms with E-state index >= 15 is 0 Å². The maximum Gasteiger partial charge on any atom is 0.403 e. The molecule has 0 aromatic rings. The Kier molecular flexibility index (Phi) is 4.69. The number of carbonyl (C=O) groups excluding carboxylic acids is 3. The van der Waals surface area contributed by atoms with Gasteiger partial charge < -0.3 is 18.3 Å². The SMILES string of the molecule is CC(=O)OC1(OC(C)=O)CCC[Si](C)(OC(C)=O)O1. The van der Waals surface area contributed by atoms with Gasteiger partial charge in [-0.15, -0.1) is 0 Å². The molecule has 108 valence electrons. The standard InChI is InChI=1S/C11H18O7Si/c1-8(12)15-11(16-9(2)13)6-5-7-19(4,18-11)17-10(3)14/h5-7H2,1-4H3. The van der Waals surface area contributed by atoms with E-state index in [0.29, 0.717) is 12.5 Å². The maximum atomic E-state index is 11.1. The number of hydrogen-bond donors (Lipinski definition) is 0. The second kappa shape index (κ2) is 5.70. The van der Waals surface area contributed by atoms with Crippen molar-refractivity contribution in [2.75, 3.05) is 0 Å². The van der Waals surface area contributed by atoms with Crippen LogP contribution in [0, 0.1) is 0 Å². The van der Waals surface area contributed by atoms with Crippen molar-refractivity contribution in [3.05, 3.63) is 0 Å². The summed E-state index contributed by atoms with van der Waals surface area (Å²) < 4.78 is 20.8. The molecule has 1 atom stereocenters. The minimum atomic E-state index is -2.87. The average molecular weight is 290 g/mol. The molecule has 0 aliphatic carbocycles. The van der Waals surface area contributed by atoms with Gasteiger partial charge in [0.1, 0.15) is 0 Å². The largest absolute Gasteiger partial charge is 0.494 e. The second-order valence-electron chi connectivity index (χ2n) is 4.55. The van der Waals surface area contributed by atoms with Crippen LogP contribution in [0.15, 0.2) is 0 Å². The lowest BCUT2D eigenvalue weighted by Crippen LogP contribution is -2.56. The monoisotopic (exact) mass is 290 g/mol. The minimum Gasteiger partial charge on any atom is -0.494 e. The van der Waals surface area contributed by atoms with Gasteiger partial charge in [-0.05, 0) is 13.0 Å². The van der Waals surface area contributed by atoms with Crippen LogP contribution in [0.2, 0.25) is 12.6 Å². The Labute approximate surface area is 112 Å². The molecule has 0 aromatic carbocycles. The molecular weight excluding hydrogens is 272 g/mol. The summed E-state index contributed by atoms with van der Waals surface area (Å²) in [6, 6.07) is 0.552. The molecule has 7 nitrogen and oxygen atoms in total. The van der Waals surface area contributed by atoms with Gasteiger partial charge in [0.05, 0.1) is 6.42 Å². The average Bonchev–Trinajstić information content (AvgIpc) is 2.10. The first-order chi connectivity index (χ1) is 8.66. The lowest BCUT2D eigenvalue weighted by Gasteiger charge is -2.41.